The minimum absolute atomic E-state index is 0.842. The van der Waals surface area contributed by atoms with Crippen LogP contribution in [0.3, 0.4) is 0 Å². The fraction of sp³-hybridized carbons (Fsp3) is 0. The van der Waals surface area contributed by atoms with E-state index in [9.17, 15) is 0 Å². The van der Waals surface area contributed by atoms with E-state index in [2.05, 4.69) is 12.1 Å². The van der Waals surface area contributed by atoms with Gasteiger partial charge in [0.1, 0.15) is 11.5 Å². The molecule has 0 saturated carbocycles. The molecule has 3 rings (SSSR count). The van der Waals surface area contributed by atoms with Crippen molar-refractivity contribution in [3.63, 3.8) is 0 Å². The first-order valence-corrected chi connectivity index (χ1v) is 6.44. The molecule has 0 fully saturated rings. The van der Waals surface area contributed by atoms with Crippen molar-refractivity contribution in [2.24, 2.45) is 0 Å². The van der Waals surface area contributed by atoms with Crippen molar-refractivity contribution in [3.05, 3.63) is 83.7 Å². The van der Waals surface area contributed by atoms with Gasteiger partial charge < -0.3 is 8.83 Å². The molecule has 0 aliphatic heterocycles. The van der Waals surface area contributed by atoms with Gasteiger partial charge in [-0.1, -0.05) is 36.4 Å². The first-order valence-electron chi connectivity index (χ1n) is 6.44. The Hall–Kier alpha value is -2.74. The van der Waals surface area contributed by atoms with E-state index in [0.717, 1.165) is 22.6 Å². The molecule has 98 valence electrons. The van der Waals surface area contributed by atoms with Crippen molar-refractivity contribution in [2.75, 3.05) is 0 Å². The highest BCUT2D eigenvalue weighted by atomic mass is 16.3. The van der Waals surface area contributed by atoms with Gasteiger partial charge >= 0.3 is 0 Å². The second-order valence-electron chi connectivity index (χ2n) is 4.33. The standard InChI is InChI=1S/C18H14O2/c1-2-6-16(10-12-18-8-4-14-20-18)15(5-1)9-11-17-7-3-13-19-17/h1-14H/b11-9+,12-10+. The SMILES string of the molecule is C(=C\c1ccccc1/C=C/c1ccco1)/c1ccco1. The van der Waals surface area contributed by atoms with Crippen molar-refractivity contribution in [1.29, 1.82) is 0 Å². The van der Waals surface area contributed by atoms with E-state index in [1.165, 1.54) is 0 Å². The zero-order valence-corrected chi connectivity index (χ0v) is 10.9. The summed E-state index contributed by atoms with van der Waals surface area (Å²) in [6.07, 6.45) is 11.3. The van der Waals surface area contributed by atoms with Gasteiger partial charge in [0.25, 0.3) is 0 Å². The second-order valence-corrected chi connectivity index (χ2v) is 4.33. The summed E-state index contributed by atoms with van der Waals surface area (Å²) in [4.78, 5) is 0. The van der Waals surface area contributed by atoms with E-state index in [1.807, 2.05) is 60.7 Å². The summed E-state index contributed by atoms with van der Waals surface area (Å²) in [5.41, 5.74) is 2.26. The smallest absolute Gasteiger partial charge is 0.126 e. The van der Waals surface area contributed by atoms with Crippen molar-refractivity contribution in [3.8, 4) is 0 Å². The Morgan fingerprint density at radius 1 is 0.550 bits per heavy atom. The Labute approximate surface area is 117 Å². The molecule has 0 aliphatic carbocycles. The first-order chi connectivity index (χ1) is 9.92. The molecule has 0 amide bonds. The lowest BCUT2D eigenvalue weighted by Crippen LogP contribution is -1.79. The van der Waals surface area contributed by atoms with Crippen LogP contribution in [0.4, 0.5) is 0 Å². The molecule has 0 bridgehead atoms. The molecule has 0 unspecified atom stereocenters. The molecule has 0 aliphatic rings. The van der Waals surface area contributed by atoms with Crippen LogP contribution in [-0.4, -0.2) is 0 Å². The molecule has 2 aromatic heterocycles. The zero-order valence-electron chi connectivity index (χ0n) is 10.9. The monoisotopic (exact) mass is 262 g/mol. The third-order valence-electron chi connectivity index (χ3n) is 2.94. The lowest BCUT2D eigenvalue weighted by atomic mass is 10.1. The van der Waals surface area contributed by atoms with E-state index in [4.69, 9.17) is 8.83 Å². The predicted molar refractivity (Wildman–Crippen MR) is 81.7 cm³/mol. The van der Waals surface area contributed by atoms with Crippen LogP contribution in [0.2, 0.25) is 0 Å². The molecular formula is C18H14O2. The summed E-state index contributed by atoms with van der Waals surface area (Å²) in [6.45, 7) is 0. The van der Waals surface area contributed by atoms with Crippen LogP contribution in [0.15, 0.2) is 69.9 Å². The minimum Gasteiger partial charge on any atom is -0.465 e. The van der Waals surface area contributed by atoms with Gasteiger partial charge in [0.15, 0.2) is 0 Å². The molecule has 0 radical (unpaired) electrons. The van der Waals surface area contributed by atoms with E-state index >= 15 is 0 Å². The van der Waals surface area contributed by atoms with Crippen LogP contribution < -0.4 is 0 Å². The van der Waals surface area contributed by atoms with Crippen LogP contribution in [0.1, 0.15) is 22.6 Å². The lowest BCUT2D eigenvalue weighted by molar-refractivity contribution is 0.557. The van der Waals surface area contributed by atoms with Crippen LogP contribution in [0.25, 0.3) is 24.3 Å². The molecule has 0 N–H and O–H groups in total. The van der Waals surface area contributed by atoms with Gasteiger partial charge in [-0.25, -0.2) is 0 Å². The van der Waals surface area contributed by atoms with E-state index in [1.54, 1.807) is 12.5 Å². The van der Waals surface area contributed by atoms with Gasteiger partial charge in [-0.15, -0.1) is 0 Å². The number of rotatable bonds is 4. The Morgan fingerprint density at radius 3 is 1.45 bits per heavy atom. The lowest BCUT2D eigenvalue weighted by Gasteiger charge is -1.99. The van der Waals surface area contributed by atoms with Gasteiger partial charge in [0.2, 0.25) is 0 Å². The highest BCUT2D eigenvalue weighted by Gasteiger charge is 1.96. The summed E-state index contributed by atoms with van der Waals surface area (Å²) in [5.74, 6) is 1.68. The van der Waals surface area contributed by atoms with Crippen LogP contribution in [0, 0.1) is 0 Å². The average molecular weight is 262 g/mol. The Balaban J connectivity index is 1.85. The summed E-state index contributed by atoms with van der Waals surface area (Å²) in [5, 5.41) is 0. The largest absolute Gasteiger partial charge is 0.465 e. The van der Waals surface area contributed by atoms with Crippen molar-refractivity contribution >= 4 is 24.3 Å². The normalized spacial score (nSPS) is 11.6. The molecule has 0 spiro atoms. The third-order valence-corrected chi connectivity index (χ3v) is 2.94. The summed E-state index contributed by atoms with van der Waals surface area (Å²) < 4.78 is 10.6. The Kier molecular flexibility index (Phi) is 3.65. The molecular weight excluding hydrogens is 248 g/mol. The maximum Gasteiger partial charge on any atom is 0.126 e. The first kappa shape index (κ1) is 12.3. The summed E-state index contributed by atoms with van der Waals surface area (Å²) >= 11 is 0. The maximum absolute atomic E-state index is 5.29. The van der Waals surface area contributed by atoms with Gasteiger partial charge in [0, 0.05) is 0 Å². The molecule has 1 aromatic carbocycles. The number of hydrogen-bond donors (Lipinski definition) is 0. The van der Waals surface area contributed by atoms with Crippen LogP contribution in [-0.2, 0) is 0 Å². The van der Waals surface area contributed by atoms with Gasteiger partial charge in [-0.2, -0.15) is 0 Å². The van der Waals surface area contributed by atoms with Crippen molar-refractivity contribution in [2.45, 2.75) is 0 Å². The third kappa shape index (κ3) is 2.98. The Morgan fingerprint density at radius 2 is 1.05 bits per heavy atom. The topological polar surface area (TPSA) is 26.3 Å². The minimum atomic E-state index is 0.842. The predicted octanol–water partition coefficient (Wildman–Crippen LogP) is 5.21. The molecule has 2 heteroatoms. The number of benzene rings is 1. The highest BCUT2D eigenvalue weighted by Crippen LogP contribution is 2.16. The molecule has 2 nitrogen and oxygen atoms in total. The van der Waals surface area contributed by atoms with Gasteiger partial charge in [-0.05, 0) is 47.5 Å². The average Bonchev–Trinajstić information content (AvgIpc) is 3.17. The van der Waals surface area contributed by atoms with Crippen LogP contribution in [0.5, 0.6) is 0 Å². The molecule has 0 saturated heterocycles. The second kappa shape index (κ2) is 5.93. The molecule has 0 atom stereocenters. The number of hydrogen-bond acceptors (Lipinski definition) is 2. The van der Waals surface area contributed by atoms with Gasteiger partial charge in [-0.3, -0.25) is 0 Å². The van der Waals surface area contributed by atoms with Crippen molar-refractivity contribution < 1.29 is 8.83 Å². The molecule has 2 heterocycles. The van der Waals surface area contributed by atoms with E-state index < -0.39 is 0 Å². The Bertz CT molecular complexity index is 638. The number of furan rings is 2. The quantitative estimate of drug-likeness (QED) is 0.644. The summed E-state index contributed by atoms with van der Waals surface area (Å²) in [6, 6.07) is 15.8. The highest BCUT2D eigenvalue weighted by molar-refractivity contribution is 5.77. The van der Waals surface area contributed by atoms with Gasteiger partial charge in [0.05, 0.1) is 12.5 Å². The van der Waals surface area contributed by atoms with Crippen molar-refractivity contribution in [1.82, 2.24) is 0 Å². The van der Waals surface area contributed by atoms with E-state index in [-0.39, 0.29) is 0 Å². The van der Waals surface area contributed by atoms with E-state index in [0.29, 0.717) is 0 Å². The molecule has 20 heavy (non-hydrogen) atoms. The maximum atomic E-state index is 5.29. The van der Waals surface area contributed by atoms with Crippen LogP contribution >= 0.6 is 0 Å². The zero-order chi connectivity index (χ0) is 13.6. The molecule has 3 aromatic rings. The fourth-order valence-electron chi connectivity index (χ4n) is 1.93. The fourth-order valence-corrected chi connectivity index (χ4v) is 1.93. The summed E-state index contributed by atoms with van der Waals surface area (Å²) in [7, 11) is 0.